The highest BCUT2D eigenvalue weighted by atomic mass is 32.2. The second kappa shape index (κ2) is 48.7. The highest BCUT2D eigenvalue weighted by Gasteiger charge is 2.52. The number of rotatable bonds is 44. The summed E-state index contributed by atoms with van der Waals surface area (Å²) in [7, 11) is -12.8. The average Bonchev–Trinajstić information content (AvgIpc) is 1.64. The van der Waals surface area contributed by atoms with Crippen LogP contribution in [0.25, 0.3) is 33.5 Å². The number of aromatic nitrogens is 12. The topological polar surface area (TPSA) is 587 Å². The maximum absolute atomic E-state index is 14.6. The van der Waals surface area contributed by atoms with Gasteiger partial charge in [0.1, 0.15) is 36.1 Å². The Bertz CT molecular complexity index is 4960. The fourth-order valence-electron chi connectivity index (χ4n) is 12.8. The smallest absolute Gasteiger partial charge is 0.459 e. The van der Waals surface area contributed by atoms with Gasteiger partial charge in [0.2, 0.25) is 35.5 Å². The summed E-state index contributed by atoms with van der Waals surface area (Å²) in [5.74, 6) is -5.43. The zero-order chi connectivity index (χ0) is 97.7. The van der Waals surface area contributed by atoms with Crippen molar-refractivity contribution in [3.05, 3.63) is 49.3 Å². The van der Waals surface area contributed by atoms with Crippen LogP contribution in [0.3, 0.4) is 0 Å². The lowest BCUT2D eigenvalue weighted by molar-refractivity contribution is -0.154. The number of aliphatic hydroxyl groups excluding tert-OH is 2. The quantitative estimate of drug-likeness (QED) is 0.00762. The van der Waals surface area contributed by atoms with Crippen molar-refractivity contribution in [3.8, 4) is 23.4 Å². The maximum Gasteiger partial charge on any atom is 0.459 e. The Morgan fingerprint density at radius 3 is 1.12 bits per heavy atom. The van der Waals surface area contributed by atoms with Gasteiger partial charge in [0.15, 0.2) is 68.5 Å². The van der Waals surface area contributed by atoms with Gasteiger partial charge in [-0.15, -0.1) is 0 Å². The summed E-state index contributed by atoms with van der Waals surface area (Å²) in [4.78, 5) is 111. The van der Waals surface area contributed by atoms with Gasteiger partial charge < -0.3 is 79.3 Å². The third kappa shape index (κ3) is 29.7. The van der Waals surface area contributed by atoms with E-state index in [1.807, 2.05) is 0 Å². The Morgan fingerprint density at radius 1 is 0.485 bits per heavy atom. The molecule has 10 rings (SSSR count). The van der Waals surface area contributed by atoms with Crippen molar-refractivity contribution in [1.29, 1.82) is 0 Å². The Hall–Kier alpha value is -8.65. The number of benzene rings is 1. The Labute approximate surface area is 768 Å². The van der Waals surface area contributed by atoms with E-state index in [0.717, 1.165) is 23.5 Å². The molecule has 0 aliphatic carbocycles. The molecule has 3 saturated heterocycles. The van der Waals surface area contributed by atoms with Crippen molar-refractivity contribution in [2.75, 3.05) is 102 Å². The summed E-state index contributed by atoms with van der Waals surface area (Å²) < 4.78 is 178. The van der Waals surface area contributed by atoms with Gasteiger partial charge in [-0.3, -0.25) is 78.3 Å². The van der Waals surface area contributed by atoms with E-state index in [1.165, 1.54) is 60.4 Å². The number of carbonyl (C=O) groups excluding carboxylic acids is 6. The summed E-state index contributed by atoms with van der Waals surface area (Å²) in [6.07, 6.45) is -7.94. The zero-order valence-electron chi connectivity index (χ0n) is 76.7. The van der Waals surface area contributed by atoms with E-state index < -0.39 is 207 Å². The lowest BCUT2D eigenvalue weighted by Crippen LogP contribution is -2.37. The van der Waals surface area contributed by atoms with Crippen LogP contribution in [0.15, 0.2) is 49.3 Å². The van der Waals surface area contributed by atoms with Gasteiger partial charge in [-0.1, -0.05) is 83.3 Å². The number of nitrogens with one attached hydrogen (secondary N) is 3. The summed E-state index contributed by atoms with van der Waals surface area (Å²) in [6.45, 7) is 27.5. The second-order valence-electron chi connectivity index (χ2n) is 32.9. The van der Waals surface area contributed by atoms with E-state index in [-0.39, 0.29) is 116 Å². The number of fused-ring (bicyclic) bond motifs is 3. The van der Waals surface area contributed by atoms with Gasteiger partial charge in [0, 0.05) is 41.1 Å². The molecule has 0 radical (unpaired) electrons. The minimum absolute atomic E-state index is 0.0868. The monoisotopic (exact) mass is 1970 g/mol. The van der Waals surface area contributed by atoms with Gasteiger partial charge in [0.05, 0.1) is 134 Å². The summed E-state index contributed by atoms with van der Waals surface area (Å²) >= 11 is 2.01. The predicted octanol–water partition coefficient (Wildman–Crippen LogP) is 9.41. The molecule has 132 heavy (non-hydrogen) atoms. The molecule has 0 bridgehead atoms. The molecule has 3 unspecified atom stereocenters. The Morgan fingerprint density at radius 2 is 0.803 bits per heavy atom. The number of nitrogen functional groups attached to an aromatic ring is 3. The number of nitrogens with two attached hydrogens (primary N) is 3. The average molecular weight is 1970 g/mol. The highest BCUT2D eigenvalue weighted by molar-refractivity contribution is 8.14. The molecule has 45 nitrogen and oxygen atoms in total. The van der Waals surface area contributed by atoms with Crippen molar-refractivity contribution < 1.29 is 140 Å². The standard InChI is InChI=1S/C27H36FN6O9P.2C26H42FN6O9PS/c1-6-38-24-21-23(31-27(29)32-24)34(14-30-21)25-22(41-17(5)35)19(12-28)20(42-25)13-39-44(37,43-18-10-8-7-9-11-18)33-16(4)26(36)40-15(2)3;2*1-8-38-21-18-20(30-25(28)31-21)33(13-29-18)22-19(34)16(11-27)17(42-22)12-40-43(37,32-15(4)23(35)41-14(2)3)39-9-10-44-24(36)26(5,6)7/h7-11,14-16,19-20,22,25H,6,12-13H2,1-5H3,(H,33,37)(H2,29,31,32);2*13-17,19,22,34H,8-12H2,1-7H3,(H,32,37)(H2,28,30,31)/t16-,19-,20-,22-,25-,44?;2*15-,16+,17+,19+,22+,43?/m100/s1. The largest absolute Gasteiger partial charge is 0.476 e. The molecular weight excluding hydrogens is 1850 g/mol. The maximum atomic E-state index is 14.6. The van der Waals surface area contributed by atoms with Crippen LogP contribution in [0, 0.1) is 28.6 Å². The van der Waals surface area contributed by atoms with E-state index in [1.54, 1.807) is 134 Å². The predicted molar refractivity (Wildman–Crippen MR) is 475 cm³/mol. The molecule has 0 saturated carbocycles. The van der Waals surface area contributed by atoms with Gasteiger partial charge >= 0.3 is 47.1 Å². The number of hydrogen-bond acceptors (Lipinski definition) is 41. The zero-order valence-corrected chi connectivity index (χ0v) is 81.0. The first kappa shape index (κ1) is 109. The van der Waals surface area contributed by atoms with Crippen molar-refractivity contribution in [2.45, 2.75) is 223 Å². The molecule has 0 spiro atoms. The second-order valence-corrected chi connectivity index (χ2v) is 40.2. The van der Waals surface area contributed by atoms with E-state index in [9.17, 15) is 65.8 Å². The molecule has 3 fully saturated rings. The van der Waals surface area contributed by atoms with Crippen LogP contribution in [-0.2, 0) is 98.2 Å². The first-order chi connectivity index (χ1) is 62.1. The molecule has 0 amide bonds. The van der Waals surface area contributed by atoms with Gasteiger partial charge in [0.25, 0.3) is 0 Å². The molecule has 11 N–H and O–H groups in total. The molecule has 9 heterocycles. The molecule has 7 aromatic rings. The van der Waals surface area contributed by atoms with Crippen LogP contribution in [0.4, 0.5) is 31.0 Å². The molecule has 3 aliphatic rings. The first-order valence-electron chi connectivity index (χ1n) is 42.3. The summed E-state index contributed by atoms with van der Waals surface area (Å²) in [6, 6.07) is 4.84. The van der Waals surface area contributed by atoms with Crippen molar-refractivity contribution in [3.63, 3.8) is 0 Å². The van der Waals surface area contributed by atoms with Crippen molar-refractivity contribution in [2.24, 2.45) is 28.6 Å². The molecule has 3 aliphatic heterocycles. The van der Waals surface area contributed by atoms with Crippen LogP contribution in [-0.4, -0.2) is 260 Å². The lowest BCUT2D eigenvalue weighted by Gasteiger charge is -2.25. The summed E-state index contributed by atoms with van der Waals surface area (Å²) in [5, 5.41) is 29.5. The minimum atomic E-state index is -4.31. The van der Waals surface area contributed by atoms with Crippen molar-refractivity contribution >= 4 is 132 Å². The lowest BCUT2D eigenvalue weighted by atomic mass is 9.99. The molecule has 53 heteroatoms. The Balaban J connectivity index is 0.000000244. The highest BCUT2D eigenvalue weighted by Crippen LogP contribution is 2.51. The van der Waals surface area contributed by atoms with Crippen LogP contribution in [0.5, 0.6) is 23.4 Å². The minimum Gasteiger partial charge on any atom is -0.476 e. The van der Waals surface area contributed by atoms with E-state index in [4.69, 9.17) is 91.7 Å². The molecule has 736 valence electrons. The van der Waals surface area contributed by atoms with Crippen LogP contribution in [0.2, 0.25) is 0 Å². The third-order valence-corrected chi connectivity index (χ3v) is 26.6. The van der Waals surface area contributed by atoms with Gasteiger partial charge in [-0.05, 0) is 95.2 Å². The third-order valence-electron chi connectivity index (χ3n) is 19.0. The number of alkyl halides is 3. The molecular formula is C79H120F3N18O27P3S2. The van der Waals surface area contributed by atoms with Crippen LogP contribution in [0.1, 0.15) is 150 Å². The molecule has 1 aromatic carbocycles. The SMILES string of the molecule is CCOc1nc(N)nc2c1ncn2[C@@H]1O[C@H](COP(=O)(N[C@@H](C)C(=O)OC(C)C)OCCSC(=O)C(C)(C)C)[C@@H](CF)[C@H]1O.CCOc1nc(N)nc2c1ncn2[C@@H]1O[C@H](COP(=O)(N[C@@H](C)C(=O)OC(C)C)OCCSC(=O)C(C)(C)C)[C@@H](CF)[C@H]1O.CCOc1nc(N)nc2c1ncn2[C@@H]1O[C@H](COP(=O)(N[C@H](C)C(=O)OC(C)C)Oc2ccccc2)[C@@H](CF)[C@H]1OC(C)=O. The van der Waals surface area contributed by atoms with E-state index >= 15 is 0 Å². The number of thioether (sulfide) groups is 2. The molecule has 6 aromatic heterocycles. The van der Waals surface area contributed by atoms with E-state index in [0.29, 0.717) is 13.2 Å². The van der Waals surface area contributed by atoms with Gasteiger partial charge in [-0.2, -0.15) is 35.0 Å². The number of halogens is 3. The number of esters is 4. The van der Waals surface area contributed by atoms with Crippen LogP contribution >= 0.6 is 46.8 Å². The number of para-hydroxylation sites is 1. The number of carbonyl (C=O) groups is 6. The number of hydrogen-bond donors (Lipinski definition) is 8. The number of anilines is 3. The number of nitrogens with zero attached hydrogens (tertiary/aromatic N) is 12. The van der Waals surface area contributed by atoms with Gasteiger partial charge in [-0.25, -0.2) is 38.8 Å². The first-order valence-corrected chi connectivity index (χ1v) is 48.9. The summed E-state index contributed by atoms with van der Waals surface area (Å²) in [5.41, 5.74) is 17.8. The molecule has 18 atom stereocenters. The number of ether oxygens (including phenoxy) is 10. The van der Waals surface area contributed by atoms with Crippen molar-refractivity contribution in [1.82, 2.24) is 73.8 Å². The fourth-order valence-corrected chi connectivity index (χ4v) is 19.0. The number of imidazole rings is 3. The van der Waals surface area contributed by atoms with Crippen LogP contribution < -0.4 is 51.2 Å². The fraction of sp³-hybridized carbons (Fsp3) is 0.658. The number of aliphatic hydroxyl groups is 2. The Kier molecular flexibility index (Phi) is 40.1. The normalized spacial score (nSPS) is 22.4. The van der Waals surface area contributed by atoms with E-state index in [2.05, 4.69) is 60.1 Å².